The van der Waals surface area contributed by atoms with Crippen molar-refractivity contribution in [3.8, 4) is 0 Å². The van der Waals surface area contributed by atoms with Crippen LogP contribution in [0.2, 0.25) is 0 Å². The average molecular weight is 261 g/mol. The van der Waals surface area contributed by atoms with E-state index in [1.807, 2.05) is 0 Å². The van der Waals surface area contributed by atoms with Crippen molar-refractivity contribution in [3.63, 3.8) is 0 Å². The number of carbonyl (C=O) groups is 3. The minimum atomic E-state index is -0.932. The molecule has 0 heterocycles. The fourth-order valence-electron chi connectivity index (χ4n) is 1.33. The highest BCUT2D eigenvalue weighted by Gasteiger charge is 2.32. The number of imide groups is 1. The van der Waals surface area contributed by atoms with Crippen molar-refractivity contribution in [2.45, 2.75) is 39.7 Å². The molecule has 0 spiro atoms. The first-order valence-corrected chi connectivity index (χ1v) is 6.28. The highest BCUT2D eigenvalue weighted by atomic mass is 32.1. The maximum absolute atomic E-state index is 11.7. The Morgan fingerprint density at radius 3 is 1.88 bits per heavy atom. The number of hydrogen-bond donors (Lipinski definition) is 1. The molecule has 1 atom stereocenters. The SMILES string of the molecule is CCOC(=O)[C@H](CS)N(C(=O)CC)C(=O)CC. The van der Waals surface area contributed by atoms with E-state index in [9.17, 15) is 14.4 Å². The lowest BCUT2D eigenvalue weighted by Crippen LogP contribution is -2.50. The summed E-state index contributed by atoms with van der Waals surface area (Å²) in [6.07, 6.45) is 0.324. The summed E-state index contributed by atoms with van der Waals surface area (Å²) in [6.45, 7) is 5.15. The molecule has 2 amide bonds. The molecule has 0 aromatic rings. The van der Waals surface area contributed by atoms with E-state index >= 15 is 0 Å². The quantitative estimate of drug-likeness (QED) is 0.573. The standard InChI is InChI=1S/C11H19NO4S/c1-4-9(13)12(10(14)5-2)8(7-17)11(15)16-6-3/h8,17H,4-7H2,1-3H3/t8-/m0/s1. The molecule has 0 aromatic heterocycles. The molecule has 98 valence electrons. The van der Waals surface area contributed by atoms with Gasteiger partial charge in [0.05, 0.1) is 6.61 Å². The van der Waals surface area contributed by atoms with Crippen molar-refractivity contribution in [1.29, 1.82) is 0 Å². The third-order valence-electron chi connectivity index (χ3n) is 2.19. The zero-order chi connectivity index (χ0) is 13.4. The van der Waals surface area contributed by atoms with Gasteiger partial charge in [-0.15, -0.1) is 0 Å². The second-order valence-corrected chi connectivity index (χ2v) is 3.68. The number of rotatable bonds is 6. The van der Waals surface area contributed by atoms with Gasteiger partial charge in [-0.3, -0.25) is 14.5 Å². The first kappa shape index (κ1) is 16.0. The topological polar surface area (TPSA) is 63.7 Å². The van der Waals surface area contributed by atoms with Gasteiger partial charge in [-0.25, -0.2) is 4.79 Å². The number of thiol groups is 1. The number of nitrogens with zero attached hydrogens (tertiary/aromatic N) is 1. The molecule has 0 radical (unpaired) electrons. The molecule has 0 fully saturated rings. The normalized spacial score (nSPS) is 11.8. The van der Waals surface area contributed by atoms with Crippen molar-refractivity contribution in [2.24, 2.45) is 0 Å². The zero-order valence-electron chi connectivity index (χ0n) is 10.4. The van der Waals surface area contributed by atoms with Crippen molar-refractivity contribution in [3.05, 3.63) is 0 Å². The largest absolute Gasteiger partial charge is 0.464 e. The Balaban J connectivity index is 5.04. The molecular formula is C11H19NO4S. The van der Waals surface area contributed by atoms with Crippen LogP contribution in [0, 0.1) is 0 Å². The van der Waals surface area contributed by atoms with Crippen molar-refractivity contribution >= 4 is 30.4 Å². The van der Waals surface area contributed by atoms with E-state index in [-0.39, 0.29) is 37.0 Å². The summed E-state index contributed by atoms with van der Waals surface area (Å²) in [5.41, 5.74) is 0. The zero-order valence-corrected chi connectivity index (χ0v) is 11.3. The lowest BCUT2D eigenvalue weighted by molar-refractivity contribution is -0.160. The van der Waals surface area contributed by atoms with Gasteiger partial charge in [-0.05, 0) is 6.92 Å². The fraction of sp³-hybridized carbons (Fsp3) is 0.727. The summed E-state index contributed by atoms with van der Waals surface area (Å²) in [4.78, 5) is 36.0. The number of carbonyl (C=O) groups excluding carboxylic acids is 3. The van der Waals surface area contributed by atoms with Crippen LogP contribution < -0.4 is 0 Å². The minimum absolute atomic E-state index is 0.0658. The predicted octanol–water partition coefficient (Wildman–Crippen LogP) is 1.02. The fourth-order valence-corrected chi connectivity index (χ4v) is 1.64. The summed E-state index contributed by atoms with van der Waals surface area (Å²) in [5.74, 6) is -1.30. The van der Waals surface area contributed by atoms with Crippen LogP contribution in [-0.4, -0.2) is 41.1 Å². The molecule has 5 nitrogen and oxygen atoms in total. The maximum atomic E-state index is 11.7. The van der Waals surface area contributed by atoms with Gasteiger partial charge in [0.1, 0.15) is 6.04 Å². The van der Waals surface area contributed by atoms with Gasteiger partial charge in [0, 0.05) is 18.6 Å². The van der Waals surface area contributed by atoms with Crippen LogP contribution in [0.25, 0.3) is 0 Å². The second kappa shape index (κ2) is 8.11. The van der Waals surface area contributed by atoms with E-state index in [1.165, 1.54) is 0 Å². The van der Waals surface area contributed by atoms with Crippen LogP contribution in [0.1, 0.15) is 33.6 Å². The van der Waals surface area contributed by atoms with E-state index in [1.54, 1.807) is 20.8 Å². The van der Waals surface area contributed by atoms with Gasteiger partial charge >= 0.3 is 5.97 Å². The second-order valence-electron chi connectivity index (χ2n) is 3.32. The van der Waals surface area contributed by atoms with Gasteiger partial charge in [0.25, 0.3) is 0 Å². The van der Waals surface area contributed by atoms with E-state index in [0.717, 1.165) is 4.90 Å². The Morgan fingerprint density at radius 2 is 1.59 bits per heavy atom. The molecule has 0 unspecified atom stereocenters. The van der Waals surface area contributed by atoms with Gasteiger partial charge in [-0.2, -0.15) is 12.6 Å². The van der Waals surface area contributed by atoms with Gasteiger partial charge in [-0.1, -0.05) is 13.8 Å². The van der Waals surface area contributed by atoms with Crippen LogP contribution in [-0.2, 0) is 19.1 Å². The Kier molecular flexibility index (Phi) is 7.61. The molecule has 0 saturated carbocycles. The smallest absolute Gasteiger partial charge is 0.330 e. The molecule has 6 heteroatoms. The Labute approximate surface area is 107 Å². The van der Waals surface area contributed by atoms with E-state index < -0.39 is 12.0 Å². The molecule has 0 aliphatic rings. The molecule has 0 aromatic carbocycles. The van der Waals surface area contributed by atoms with E-state index in [4.69, 9.17) is 4.74 Å². The Morgan fingerprint density at radius 1 is 1.12 bits per heavy atom. The molecule has 0 aliphatic carbocycles. The predicted molar refractivity (Wildman–Crippen MR) is 66.7 cm³/mol. The maximum Gasteiger partial charge on any atom is 0.330 e. The van der Waals surface area contributed by atoms with Crippen LogP contribution >= 0.6 is 12.6 Å². The summed E-state index contributed by atoms with van der Waals surface area (Å²) < 4.78 is 4.83. The molecule has 0 bridgehead atoms. The average Bonchev–Trinajstić information content (AvgIpc) is 2.34. The van der Waals surface area contributed by atoms with Gasteiger partial charge < -0.3 is 4.74 Å². The molecule has 0 N–H and O–H groups in total. The molecule has 17 heavy (non-hydrogen) atoms. The first-order valence-electron chi connectivity index (χ1n) is 5.65. The molecule has 0 aliphatic heterocycles. The molecular weight excluding hydrogens is 242 g/mol. The van der Waals surface area contributed by atoms with Crippen molar-refractivity contribution < 1.29 is 19.1 Å². The summed E-state index contributed by atoms with van der Waals surface area (Å²) >= 11 is 4.01. The molecule has 0 saturated heterocycles. The third kappa shape index (κ3) is 4.38. The third-order valence-corrected chi connectivity index (χ3v) is 2.53. The summed E-state index contributed by atoms with van der Waals surface area (Å²) in [6, 6.07) is -0.932. The summed E-state index contributed by atoms with van der Waals surface area (Å²) in [7, 11) is 0. The van der Waals surface area contributed by atoms with Crippen LogP contribution in [0.5, 0.6) is 0 Å². The van der Waals surface area contributed by atoms with Crippen molar-refractivity contribution in [1.82, 2.24) is 4.90 Å². The van der Waals surface area contributed by atoms with Gasteiger partial charge in [0.2, 0.25) is 11.8 Å². The van der Waals surface area contributed by atoms with E-state index in [0.29, 0.717) is 0 Å². The molecule has 0 rings (SSSR count). The summed E-state index contributed by atoms with van der Waals surface area (Å²) in [5, 5.41) is 0. The Hall–Kier alpha value is -1.04. The number of hydrogen-bond acceptors (Lipinski definition) is 5. The number of ether oxygens (including phenoxy) is 1. The lowest BCUT2D eigenvalue weighted by Gasteiger charge is -2.26. The van der Waals surface area contributed by atoms with Crippen LogP contribution in [0.3, 0.4) is 0 Å². The highest BCUT2D eigenvalue weighted by molar-refractivity contribution is 7.80. The lowest BCUT2D eigenvalue weighted by atomic mass is 10.2. The number of esters is 1. The number of amides is 2. The van der Waals surface area contributed by atoms with Crippen molar-refractivity contribution in [2.75, 3.05) is 12.4 Å². The van der Waals surface area contributed by atoms with Crippen LogP contribution in [0.4, 0.5) is 0 Å². The highest BCUT2D eigenvalue weighted by Crippen LogP contribution is 2.09. The van der Waals surface area contributed by atoms with Gasteiger partial charge in [0.15, 0.2) is 0 Å². The monoisotopic (exact) mass is 261 g/mol. The van der Waals surface area contributed by atoms with Crippen LogP contribution in [0.15, 0.2) is 0 Å². The Bertz CT molecular complexity index is 277. The van der Waals surface area contributed by atoms with E-state index in [2.05, 4.69) is 12.6 Å². The minimum Gasteiger partial charge on any atom is -0.464 e. The first-order chi connectivity index (χ1) is 8.03.